The minimum atomic E-state index is -0.315. The quantitative estimate of drug-likeness (QED) is 0.587. The second kappa shape index (κ2) is 7.20. The van der Waals surface area contributed by atoms with Crippen LogP contribution in [0.4, 0.5) is 0 Å². The average Bonchev–Trinajstić information content (AvgIpc) is 3.37. The lowest BCUT2D eigenvalue weighted by atomic mass is 10.2. The maximum atomic E-state index is 12.3. The topological polar surface area (TPSA) is 98.7 Å². The van der Waals surface area contributed by atoms with E-state index in [1.807, 2.05) is 31.4 Å². The number of hydrogen-bond donors (Lipinski definition) is 1. The first-order valence-electron chi connectivity index (χ1n) is 8.28. The molecule has 8 nitrogen and oxygen atoms in total. The normalized spacial score (nSPS) is 10.7. The number of nitrogens with zero attached hydrogens (tertiary/aromatic N) is 5. The predicted molar refractivity (Wildman–Crippen MR) is 97.3 cm³/mol. The molecule has 0 unspecified atom stereocenters. The second-order valence-electron chi connectivity index (χ2n) is 5.96. The number of carbonyl (C=O) groups excluding carboxylic acids is 1. The van der Waals surface area contributed by atoms with Gasteiger partial charge in [0.15, 0.2) is 11.5 Å². The Hall–Kier alpha value is -3.81. The predicted octanol–water partition coefficient (Wildman–Crippen LogP) is 2.46. The molecule has 27 heavy (non-hydrogen) atoms. The molecule has 0 radical (unpaired) electrons. The van der Waals surface area contributed by atoms with Crippen molar-refractivity contribution in [3.05, 3.63) is 72.6 Å². The van der Waals surface area contributed by atoms with Gasteiger partial charge in [0.25, 0.3) is 5.91 Å². The summed E-state index contributed by atoms with van der Waals surface area (Å²) in [6.45, 7) is 0.342. The van der Waals surface area contributed by atoms with Crippen molar-refractivity contribution >= 4 is 5.91 Å². The highest BCUT2D eigenvalue weighted by Crippen LogP contribution is 2.19. The summed E-state index contributed by atoms with van der Waals surface area (Å²) in [7, 11) is 1.86. The third-order valence-corrected chi connectivity index (χ3v) is 3.97. The van der Waals surface area contributed by atoms with Crippen LogP contribution in [0.15, 0.2) is 65.8 Å². The van der Waals surface area contributed by atoms with Crippen LogP contribution in [0.25, 0.3) is 22.6 Å². The molecule has 0 aromatic carbocycles. The lowest BCUT2D eigenvalue weighted by Crippen LogP contribution is -2.23. The van der Waals surface area contributed by atoms with Gasteiger partial charge in [0.2, 0.25) is 0 Å². The molecule has 0 saturated carbocycles. The number of pyridine rings is 2. The molecular weight excluding hydrogens is 344 g/mol. The first-order valence-corrected chi connectivity index (χ1v) is 8.28. The van der Waals surface area contributed by atoms with Crippen LogP contribution in [-0.4, -0.2) is 30.8 Å². The van der Waals surface area contributed by atoms with Crippen LogP contribution < -0.4 is 5.32 Å². The third-order valence-electron chi connectivity index (χ3n) is 3.97. The van der Waals surface area contributed by atoms with E-state index >= 15 is 0 Å². The highest BCUT2D eigenvalue weighted by Gasteiger charge is 2.13. The van der Waals surface area contributed by atoms with Gasteiger partial charge < -0.3 is 9.84 Å². The monoisotopic (exact) mass is 360 g/mol. The van der Waals surface area contributed by atoms with Gasteiger partial charge in [-0.25, -0.2) is 0 Å². The van der Waals surface area contributed by atoms with Crippen LogP contribution in [0.5, 0.6) is 0 Å². The molecule has 4 rings (SSSR count). The fourth-order valence-electron chi connectivity index (χ4n) is 2.55. The van der Waals surface area contributed by atoms with Crippen LogP contribution in [0.3, 0.4) is 0 Å². The number of nitrogens with one attached hydrogen (secondary N) is 1. The van der Waals surface area contributed by atoms with Gasteiger partial charge in [-0.05, 0) is 23.8 Å². The van der Waals surface area contributed by atoms with E-state index in [9.17, 15) is 4.79 Å². The summed E-state index contributed by atoms with van der Waals surface area (Å²) in [5.74, 6) is 0.181. The van der Waals surface area contributed by atoms with E-state index in [1.54, 1.807) is 41.6 Å². The Morgan fingerprint density at radius 3 is 2.81 bits per heavy atom. The summed E-state index contributed by atoms with van der Waals surface area (Å²) in [6, 6.07) is 9.04. The first kappa shape index (κ1) is 16.6. The summed E-state index contributed by atoms with van der Waals surface area (Å²) in [4.78, 5) is 20.7. The maximum Gasteiger partial charge on any atom is 0.273 e. The minimum Gasteiger partial charge on any atom is -0.355 e. The molecular formula is C19H16N6O2. The zero-order valence-corrected chi connectivity index (χ0v) is 14.5. The van der Waals surface area contributed by atoms with E-state index in [2.05, 4.69) is 25.5 Å². The second-order valence-corrected chi connectivity index (χ2v) is 5.96. The van der Waals surface area contributed by atoms with Crippen molar-refractivity contribution < 1.29 is 9.32 Å². The number of amides is 1. The van der Waals surface area contributed by atoms with Crippen LogP contribution >= 0.6 is 0 Å². The van der Waals surface area contributed by atoms with Crippen LogP contribution in [0, 0.1) is 0 Å². The highest BCUT2D eigenvalue weighted by molar-refractivity contribution is 5.93. The van der Waals surface area contributed by atoms with Gasteiger partial charge in [-0.1, -0.05) is 11.2 Å². The van der Waals surface area contributed by atoms with E-state index in [-0.39, 0.29) is 11.6 Å². The summed E-state index contributed by atoms with van der Waals surface area (Å²) in [6.07, 6.45) is 8.70. The zero-order chi connectivity index (χ0) is 18.6. The van der Waals surface area contributed by atoms with Crippen molar-refractivity contribution in [1.29, 1.82) is 0 Å². The van der Waals surface area contributed by atoms with Crippen LogP contribution in [0.1, 0.15) is 16.1 Å². The molecule has 1 N–H and O–H groups in total. The largest absolute Gasteiger partial charge is 0.355 e. The zero-order valence-electron chi connectivity index (χ0n) is 14.5. The Kier molecular flexibility index (Phi) is 4.44. The summed E-state index contributed by atoms with van der Waals surface area (Å²) in [5, 5.41) is 10.8. The van der Waals surface area contributed by atoms with Gasteiger partial charge in [-0.15, -0.1) is 0 Å². The Balaban J connectivity index is 1.39. The van der Waals surface area contributed by atoms with Gasteiger partial charge in [-0.3, -0.25) is 19.4 Å². The maximum absolute atomic E-state index is 12.3. The third kappa shape index (κ3) is 3.74. The van der Waals surface area contributed by atoms with Crippen molar-refractivity contribution in [2.45, 2.75) is 6.54 Å². The van der Waals surface area contributed by atoms with Gasteiger partial charge in [-0.2, -0.15) is 5.10 Å². The fourth-order valence-corrected chi connectivity index (χ4v) is 2.55. The Labute approximate surface area is 154 Å². The number of aromatic nitrogens is 5. The minimum absolute atomic E-state index is 0.216. The standard InChI is InChI=1S/C19H16N6O2/c1-25-12-15(11-23-25)16-5-4-13(8-21-16)9-22-19(26)17-7-18(27-24-17)14-3-2-6-20-10-14/h2-8,10-12H,9H2,1H3,(H,22,26). The molecule has 0 aliphatic carbocycles. The van der Waals surface area contributed by atoms with E-state index in [0.717, 1.165) is 22.4 Å². The molecule has 8 heteroatoms. The molecule has 0 fully saturated rings. The molecule has 0 aliphatic heterocycles. The van der Waals surface area contributed by atoms with Gasteiger partial charge in [0.1, 0.15) is 0 Å². The van der Waals surface area contributed by atoms with Crippen LogP contribution in [0.2, 0.25) is 0 Å². The Bertz CT molecular complexity index is 1050. The lowest BCUT2D eigenvalue weighted by Gasteiger charge is -2.03. The van der Waals surface area contributed by atoms with Crippen LogP contribution in [-0.2, 0) is 13.6 Å². The van der Waals surface area contributed by atoms with E-state index in [0.29, 0.717) is 12.3 Å². The Morgan fingerprint density at radius 1 is 1.19 bits per heavy atom. The van der Waals surface area contributed by atoms with Crippen molar-refractivity contribution in [2.24, 2.45) is 7.05 Å². The SMILES string of the molecule is Cn1cc(-c2ccc(CNC(=O)c3cc(-c4cccnc4)on3)cn2)cn1. The van der Waals surface area contributed by atoms with Crippen molar-refractivity contribution in [1.82, 2.24) is 30.2 Å². The van der Waals surface area contributed by atoms with Crippen molar-refractivity contribution in [3.63, 3.8) is 0 Å². The van der Waals surface area contributed by atoms with E-state index in [1.165, 1.54) is 0 Å². The molecule has 4 heterocycles. The number of aryl methyl sites for hydroxylation is 1. The molecule has 4 aromatic heterocycles. The lowest BCUT2D eigenvalue weighted by molar-refractivity contribution is 0.0942. The number of carbonyl (C=O) groups is 1. The molecule has 0 bridgehead atoms. The molecule has 0 spiro atoms. The Morgan fingerprint density at radius 2 is 2.11 bits per heavy atom. The molecule has 0 aliphatic rings. The van der Waals surface area contributed by atoms with Crippen molar-refractivity contribution in [3.8, 4) is 22.6 Å². The number of hydrogen-bond acceptors (Lipinski definition) is 6. The summed E-state index contributed by atoms with van der Waals surface area (Å²) >= 11 is 0. The molecule has 0 atom stereocenters. The highest BCUT2D eigenvalue weighted by atomic mass is 16.5. The molecule has 1 amide bonds. The van der Waals surface area contributed by atoms with Crippen molar-refractivity contribution in [2.75, 3.05) is 0 Å². The fraction of sp³-hybridized carbons (Fsp3) is 0.105. The van der Waals surface area contributed by atoms with E-state index in [4.69, 9.17) is 4.52 Å². The summed E-state index contributed by atoms with van der Waals surface area (Å²) < 4.78 is 6.94. The van der Waals surface area contributed by atoms with Gasteiger partial charge in [0.05, 0.1) is 11.9 Å². The first-order chi connectivity index (χ1) is 13.2. The van der Waals surface area contributed by atoms with Gasteiger partial charge in [0, 0.05) is 55.6 Å². The molecule has 4 aromatic rings. The van der Waals surface area contributed by atoms with Gasteiger partial charge >= 0.3 is 0 Å². The van der Waals surface area contributed by atoms with E-state index < -0.39 is 0 Å². The molecule has 0 saturated heterocycles. The number of rotatable bonds is 5. The smallest absolute Gasteiger partial charge is 0.273 e. The molecule has 134 valence electrons. The average molecular weight is 360 g/mol. The summed E-state index contributed by atoms with van der Waals surface area (Å²) in [5.41, 5.74) is 3.63.